The highest BCUT2D eigenvalue weighted by molar-refractivity contribution is 7.92. The third kappa shape index (κ3) is 4.40. The molecule has 5 nitrogen and oxygen atoms in total. The van der Waals surface area contributed by atoms with E-state index in [1.54, 1.807) is 48.5 Å². The lowest BCUT2D eigenvalue weighted by atomic mass is 10.0. The molecule has 7 heteroatoms. The zero-order valence-electron chi connectivity index (χ0n) is 18.1. The zero-order chi connectivity index (χ0) is 22.9. The van der Waals surface area contributed by atoms with Crippen molar-refractivity contribution in [2.45, 2.75) is 24.7 Å². The Morgan fingerprint density at radius 3 is 2.28 bits per heavy atom. The fourth-order valence-corrected chi connectivity index (χ4v) is 5.52. The van der Waals surface area contributed by atoms with Crippen LogP contribution >= 0.6 is 11.3 Å². The molecule has 1 heterocycles. The summed E-state index contributed by atoms with van der Waals surface area (Å²) in [7, 11) is -2.13. The Bertz CT molecular complexity index is 1360. The number of hydrogen-bond donors (Lipinski definition) is 1. The summed E-state index contributed by atoms with van der Waals surface area (Å²) in [6.45, 7) is 4.25. The van der Waals surface area contributed by atoms with Crippen molar-refractivity contribution >= 4 is 48.7 Å². The number of hydrogen-bond acceptors (Lipinski definition) is 4. The number of anilines is 2. The van der Waals surface area contributed by atoms with Gasteiger partial charge in [0.25, 0.3) is 15.9 Å². The summed E-state index contributed by atoms with van der Waals surface area (Å²) in [6, 6.07) is 23.4. The topological polar surface area (TPSA) is 66.5 Å². The van der Waals surface area contributed by atoms with Gasteiger partial charge >= 0.3 is 0 Å². The van der Waals surface area contributed by atoms with Crippen LogP contribution < -0.4 is 9.62 Å². The predicted octanol–water partition coefficient (Wildman–Crippen LogP) is 6.10. The van der Waals surface area contributed by atoms with Crippen molar-refractivity contribution in [2.24, 2.45) is 0 Å². The number of nitrogens with one attached hydrogen (secondary N) is 1. The minimum absolute atomic E-state index is 0.185. The molecule has 0 aliphatic rings. The van der Waals surface area contributed by atoms with E-state index in [1.165, 1.54) is 28.3 Å². The summed E-state index contributed by atoms with van der Waals surface area (Å²) < 4.78 is 28.0. The first-order valence-corrected chi connectivity index (χ1v) is 12.5. The van der Waals surface area contributed by atoms with E-state index < -0.39 is 10.0 Å². The quantitative estimate of drug-likeness (QED) is 0.375. The molecule has 0 unspecified atom stereocenters. The van der Waals surface area contributed by atoms with E-state index in [1.807, 2.05) is 30.3 Å². The standard InChI is InChI=1S/C25H24N2O3S2/c1-17(2)18-9-11-20(12-10-18)26-25(28)24-16-19-15-21(13-14-23(19)31-24)27(3)32(29,30)22-7-5-4-6-8-22/h4-17H,1-3H3,(H,26,28). The minimum atomic E-state index is -3.66. The van der Waals surface area contributed by atoms with Crippen LogP contribution in [0.15, 0.2) is 83.8 Å². The zero-order valence-corrected chi connectivity index (χ0v) is 19.7. The molecular formula is C25H24N2O3S2. The molecule has 0 bridgehead atoms. The molecule has 32 heavy (non-hydrogen) atoms. The number of thiophene rings is 1. The molecule has 164 valence electrons. The number of nitrogens with zero attached hydrogens (tertiary/aromatic N) is 1. The lowest BCUT2D eigenvalue weighted by molar-refractivity contribution is 0.103. The summed E-state index contributed by atoms with van der Waals surface area (Å²) in [4.78, 5) is 13.6. The Morgan fingerprint density at radius 1 is 0.938 bits per heavy atom. The summed E-state index contributed by atoms with van der Waals surface area (Å²) in [5.74, 6) is 0.246. The van der Waals surface area contributed by atoms with Gasteiger partial charge in [0, 0.05) is 17.4 Å². The molecule has 0 fully saturated rings. The fraction of sp³-hybridized carbons (Fsp3) is 0.160. The fourth-order valence-electron chi connectivity index (χ4n) is 3.37. The molecule has 0 aliphatic carbocycles. The molecule has 0 aliphatic heterocycles. The number of amides is 1. The SMILES string of the molecule is CC(C)c1ccc(NC(=O)c2cc3cc(N(C)S(=O)(=O)c4ccccc4)ccc3s2)cc1. The maximum absolute atomic E-state index is 12.9. The van der Waals surface area contributed by atoms with Gasteiger partial charge in [-0.15, -0.1) is 11.3 Å². The first kappa shape index (κ1) is 22.0. The summed E-state index contributed by atoms with van der Waals surface area (Å²) in [5.41, 5.74) is 2.49. The highest BCUT2D eigenvalue weighted by Gasteiger charge is 2.21. The second kappa shape index (κ2) is 8.76. The normalized spacial score (nSPS) is 11.6. The summed E-state index contributed by atoms with van der Waals surface area (Å²) in [5, 5.41) is 3.76. The van der Waals surface area contributed by atoms with Crippen LogP contribution in [-0.2, 0) is 10.0 Å². The van der Waals surface area contributed by atoms with E-state index in [2.05, 4.69) is 19.2 Å². The summed E-state index contributed by atoms with van der Waals surface area (Å²) >= 11 is 1.38. The van der Waals surface area contributed by atoms with Crippen molar-refractivity contribution in [3.8, 4) is 0 Å². The molecule has 0 saturated heterocycles. The van der Waals surface area contributed by atoms with Crippen LogP contribution in [0.3, 0.4) is 0 Å². The van der Waals surface area contributed by atoms with Gasteiger partial charge in [0.1, 0.15) is 0 Å². The number of benzene rings is 3. The Hall–Kier alpha value is -3.16. The minimum Gasteiger partial charge on any atom is -0.321 e. The molecule has 0 radical (unpaired) electrons. The number of carbonyl (C=O) groups is 1. The maximum atomic E-state index is 12.9. The highest BCUT2D eigenvalue weighted by Crippen LogP contribution is 2.31. The lowest BCUT2D eigenvalue weighted by Crippen LogP contribution is -2.26. The van der Waals surface area contributed by atoms with Gasteiger partial charge in [0.15, 0.2) is 0 Å². The van der Waals surface area contributed by atoms with Crippen LogP contribution in [0.1, 0.15) is 35.0 Å². The molecule has 3 aromatic carbocycles. The second-order valence-electron chi connectivity index (χ2n) is 7.85. The van der Waals surface area contributed by atoms with E-state index in [9.17, 15) is 13.2 Å². The van der Waals surface area contributed by atoms with E-state index in [0.29, 0.717) is 16.5 Å². The largest absolute Gasteiger partial charge is 0.321 e. The third-order valence-electron chi connectivity index (χ3n) is 5.32. The van der Waals surface area contributed by atoms with Gasteiger partial charge in [-0.25, -0.2) is 8.42 Å². The van der Waals surface area contributed by atoms with Crippen LogP contribution in [0.2, 0.25) is 0 Å². The van der Waals surface area contributed by atoms with Crippen LogP contribution in [0, 0.1) is 0 Å². The monoisotopic (exact) mass is 464 g/mol. The van der Waals surface area contributed by atoms with E-state index in [0.717, 1.165) is 15.8 Å². The average Bonchev–Trinajstić information content (AvgIpc) is 3.23. The molecule has 1 amide bonds. The Morgan fingerprint density at radius 2 is 1.62 bits per heavy atom. The third-order valence-corrected chi connectivity index (χ3v) is 8.24. The number of carbonyl (C=O) groups excluding carboxylic acids is 1. The maximum Gasteiger partial charge on any atom is 0.265 e. The molecule has 4 rings (SSSR count). The lowest BCUT2D eigenvalue weighted by Gasteiger charge is -2.19. The summed E-state index contributed by atoms with van der Waals surface area (Å²) in [6.07, 6.45) is 0. The molecular weight excluding hydrogens is 440 g/mol. The molecule has 0 saturated carbocycles. The van der Waals surface area contributed by atoms with Gasteiger partial charge in [-0.05, 0) is 65.4 Å². The number of sulfonamides is 1. The van der Waals surface area contributed by atoms with Crippen LogP contribution in [-0.4, -0.2) is 21.4 Å². The van der Waals surface area contributed by atoms with Crippen molar-refractivity contribution in [1.82, 2.24) is 0 Å². The van der Waals surface area contributed by atoms with Gasteiger partial charge in [-0.1, -0.05) is 44.2 Å². The van der Waals surface area contributed by atoms with Crippen LogP contribution in [0.5, 0.6) is 0 Å². The van der Waals surface area contributed by atoms with E-state index >= 15 is 0 Å². The Labute approximate surface area is 192 Å². The first-order valence-electron chi connectivity index (χ1n) is 10.2. The van der Waals surface area contributed by atoms with Crippen molar-refractivity contribution in [3.63, 3.8) is 0 Å². The van der Waals surface area contributed by atoms with Gasteiger partial charge in [0.05, 0.1) is 15.5 Å². The van der Waals surface area contributed by atoms with E-state index in [4.69, 9.17) is 0 Å². The van der Waals surface area contributed by atoms with Crippen molar-refractivity contribution in [2.75, 3.05) is 16.7 Å². The average molecular weight is 465 g/mol. The molecule has 1 aromatic heterocycles. The predicted molar refractivity (Wildman–Crippen MR) is 132 cm³/mol. The van der Waals surface area contributed by atoms with Crippen LogP contribution in [0.4, 0.5) is 11.4 Å². The molecule has 0 spiro atoms. The van der Waals surface area contributed by atoms with Crippen LogP contribution in [0.25, 0.3) is 10.1 Å². The number of rotatable bonds is 6. The molecule has 1 N–H and O–H groups in total. The molecule has 0 atom stereocenters. The van der Waals surface area contributed by atoms with Gasteiger partial charge in [-0.3, -0.25) is 9.10 Å². The smallest absolute Gasteiger partial charge is 0.265 e. The van der Waals surface area contributed by atoms with Gasteiger partial charge in [0.2, 0.25) is 0 Å². The molecule has 4 aromatic rings. The Kier molecular flexibility index (Phi) is 6.04. The van der Waals surface area contributed by atoms with Gasteiger partial charge < -0.3 is 5.32 Å². The Balaban J connectivity index is 1.57. The first-order chi connectivity index (χ1) is 15.3. The van der Waals surface area contributed by atoms with Crippen molar-refractivity contribution in [1.29, 1.82) is 0 Å². The van der Waals surface area contributed by atoms with Crippen molar-refractivity contribution in [3.05, 3.63) is 89.3 Å². The second-order valence-corrected chi connectivity index (χ2v) is 10.9. The highest BCUT2D eigenvalue weighted by atomic mass is 32.2. The van der Waals surface area contributed by atoms with Crippen molar-refractivity contribution < 1.29 is 13.2 Å². The van der Waals surface area contributed by atoms with Gasteiger partial charge in [-0.2, -0.15) is 0 Å². The number of fused-ring (bicyclic) bond motifs is 1. The van der Waals surface area contributed by atoms with E-state index in [-0.39, 0.29) is 10.8 Å².